The maximum absolute atomic E-state index is 12.4. The number of fused-ring (bicyclic) bond motifs is 1. The summed E-state index contributed by atoms with van der Waals surface area (Å²) in [6.45, 7) is 2.33. The predicted molar refractivity (Wildman–Crippen MR) is 95.8 cm³/mol. The van der Waals surface area contributed by atoms with Gasteiger partial charge in [-0.05, 0) is 35.4 Å². The van der Waals surface area contributed by atoms with Crippen molar-refractivity contribution in [2.75, 3.05) is 14.2 Å². The summed E-state index contributed by atoms with van der Waals surface area (Å²) < 4.78 is 15.2. The van der Waals surface area contributed by atoms with Crippen molar-refractivity contribution in [3.05, 3.63) is 53.7 Å². The molecule has 1 amide bonds. The first kappa shape index (κ1) is 17.9. The van der Waals surface area contributed by atoms with E-state index in [-0.39, 0.29) is 25.0 Å². The molecule has 0 spiro atoms. The number of ether oxygens (including phenoxy) is 2. The molecule has 0 aliphatic heterocycles. The second-order valence-electron chi connectivity index (χ2n) is 5.95. The molecule has 26 heavy (non-hydrogen) atoms. The number of nitrogens with one attached hydrogen (secondary N) is 1. The van der Waals surface area contributed by atoms with Crippen molar-refractivity contribution in [3.63, 3.8) is 0 Å². The number of rotatable bonds is 7. The van der Waals surface area contributed by atoms with E-state index in [9.17, 15) is 4.79 Å². The van der Waals surface area contributed by atoms with Crippen LogP contribution < -0.4 is 10.1 Å². The molecule has 0 saturated heterocycles. The number of nitrogens with zero attached hydrogens (tertiary/aromatic N) is 2. The first-order valence-corrected chi connectivity index (χ1v) is 8.26. The Morgan fingerprint density at radius 2 is 1.96 bits per heavy atom. The van der Waals surface area contributed by atoms with E-state index in [2.05, 4.69) is 15.5 Å². The summed E-state index contributed by atoms with van der Waals surface area (Å²) in [6.07, 6.45) is 0. The average molecular weight is 355 g/mol. The molecule has 1 unspecified atom stereocenters. The molecular weight excluding hydrogens is 334 g/mol. The third-order valence-corrected chi connectivity index (χ3v) is 4.16. The quantitative estimate of drug-likeness (QED) is 0.701. The van der Waals surface area contributed by atoms with Crippen LogP contribution >= 0.6 is 0 Å². The van der Waals surface area contributed by atoms with Crippen molar-refractivity contribution in [2.45, 2.75) is 26.0 Å². The van der Waals surface area contributed by atoms with E-state index in [1.165, 1.54) is 0 Å². The summed E-state index contributed by atoms with van der Waals surface area (Å²) in [5.74, 6) is 1.21. The molecule has 7 nitrogen and oxygen atoms in total. The average Bonchev–Trinajstić information content (AvgIpc) is 3.12. The maximum atomic E-state index is 12.4. The third-order valence-electron chi connectivity index (χ3n) is 4.16. The van der Waals surface area contributed by atoms with E-state index >= 15 is 0 Å². The minimum Gasteiger partial charge on any atom is -0.497 e. The Hall–Kier alpha value is -2.93. The number of carbonyl (C=O) groups is 1. The Morgan fingerprint density at radius 1 is 1.19 bits per heavy atom. The molecule has 0 fully saturated rings. The third kappa shape index (κ3) is 4.00. The van der Waals surface area contributed by atoms with Crippen LogP contribution in [-0.2, 0) is 22.7 Å². The molecule has 0 aliphatic rings. The van der Waals surface area contributed by atoms with Crippen molar-refractivity contribution in [2.24, 2.45) is 0 Å². The van der Waals surface area contributed by atoms with Crippen molar-refractivity contribution < 1.29 is 18.8 Å². The zero-order chi connectivity index (χ0) is 18.5. The van der Waals surface area contributed by atoms with Gasteiger partial charge >= 0.3 is 0 Å². The lowest BCUT2D eigenvalue weighted by atomic mass is 9.97. The normalized spacial score (nSPS) is 12.1. The van der Waals surface area contributed by atoms with Gasteiger partial charge in [0.05, 0.1) is 19.6 Å². The van der Waals surface area contributed by atoms with Crippen molar-refractivity contribution >= 4 is 16.7 Å². The van der Waals surface area contributed by atoms with Gasteiger partial charge in [-0.25, -0.2) is 0 Å². The number of hydrogen-bond acceptors (Lipinski definition) is 6. The topological polar surface area (TPSA) is 86.5 Å². The summed E-state index contributed by atoms with van der Waals surface area (Å²) in [4.78, 5) is 16.6. The Labute approximate surface area is 151 Å². The fourth-order valence-electron chi connectivity index (χ4n) is 2.65. The van der Waals surface area contributed by atoms with Crippen LogP contribution in [0.3, 0.4) is 0 Å². The van der Waals surface area contributed by atoms with Crippen LogP contribution in [0.1, 0.15) is 30.1 Å². The Kier molecular flexibility index (Phi) is 5.48. The van der Waals surface area contributed by atoms with Gasteiger partial charge in [0, 0.05) is 7.11 Å². The van der Waals surface area contributed by atoms with E-state index in [1.54, 1.807) is 14.2 Å². The largest absolute Gasteiger partial charge is 0.497 e. The van der Waals surface area contributed by atoms with Crippen molar-refractivity contribution in [1.29, 1.82) is 0 Å². The van der Waals surface area contributed by atoms with Gasteiger partial charge in [-0.1, -0.05) is 29.4 Å². The summed E-state index contributed by atoms with van der Waals surface area (Å²) in [7, 11) is 3.19. The molecule has 0 aliphatic carbocycles. The van der Waals surface area contributed by atoms with Crippen LogP contribution in [0.15, 0.2) is 40.9 Å². The number of benzene rings is 2. The van der Waals surface area contributed by atoms with Gasteiger partial charge in [0.15, 0.2) is 5.82 Å². The lowest BCUT2D eigenvalue weighted by molar-refractivity contribution is -0.122. The van der Waals surface area contributed by atoms with Crippen LogP contribution in [-0.4, -0.2) is 30.3 Å². The standard InChI is InChI=1S/C19H21N3O4/c1-12(19(23)20-10-17-21-18(11-24-2)26-22-17)13-4-5-15-9-16(25-3)7-6-14(15)8-13/h4-9,12H,10-11H2,1-3H3,(H,20,23). The fourth-order valence-corrected chi connectivity index (χ4v) is 2.65. The molecule has 0 bridgehead atoms. The van der Waals surface area contributed by atoms with Crippen molar-refractivity contribution in [1.82, 2.24) is 15.5 Å². The Bertz CT molecular complexity index is 907. The number of amides is 1. The van der Waals surface area contributed by atoms with Gasteiger partial charge in [0.1, 0.15) is 12.4 Å². The Morgan fingerprint density at radius 3 is 2.73 bits per heavy atom. The molecular formula is C19H21N3O4. The highest BCUT2D eigenvalue weighted by atomic mass is 16.5. The van der Waals surface area contributed by atoms with Crippen LogP contribution in [0.25, 0.3) is 10.8 Å². The Balaban J connectivity index is 1.66. The highest BCUT2D eigenvalue weighted by molar-refractivity contribution is 5.88. The van der Waals surface area contributed by atoms with Gasteiger partial charge in [-0.2, -0.15) is 4.98 Å². The summed E-state index contributed by atoms with van der Waals surface area (Å²) in [5, 5.41) is 8.77. The highest BCUT2D eigenvalue weighted by Crippen LogP contribution is 2.25. The van der Waals surface area contributed by atoms with Crippen molar-refractivity contribution in [3.8, 4) is 5.75 Å². The van der Waals surface area contributed by atoms with Crippen LogP contribution in [0.4, 0.5) is 0 Å². The number of methoxy groups -OCH3 is 2. The molecule has 1 atom stereocenters. The maximum Gasteiger partial charge on any atom is 0.252 e. The second-order valence-corrected chi connectivity index (χ2v) is 5.95. The van der Waals surface area contributed by atoms with Gasteiger partial charge < -0.3 is 19.3 Å². The van der Waals surface area contributed by atoms with Gasteiger partial charge in [-0.3, -0.25) is 4.79 Å². The predicted octanol–water partition coefficient (Wildman–Crippen LogP) is 2.80. The molecule has 7 heteroatoms. The molecule has 0 saturated carbocycles. The summed E-state index contributed by atoms with van der Waals surface area (Å²) >= 11 is 0. The summed E-state index contributed by atoms with van der Waals surface area (Å²) in [6, 6.07) is 11.8. The zero-order valence-corrected chi connectivity index (χ0v) is 15.0. The van der Waals surface area contributed by atoms with E-state index in [1.807, 2.05) is 43.3 Å². The van der Waals surface area contributed by atoms with E-state index in [4.69, 9.17) is 14.0 Å². The minimum atomic E-state index is -0.299. The molecule has 3 aromatic rings. The number of aromatic nitrogens is 2. The minimum absolute atomic E-state index is 0.101. The molecule has 2 aromatic carbocycles. The first-order valence-electron chi connectivity index (χ1n) is 8.26. The number of carbonyl (C=O) groups excluding carboxylic acids is 1. The molecule has 136 valence electrons. The van der Waals surface area contributed by atoms with Gasteiger partial charge in [0.2, 0.25) is 5.91 Å². The monoisotopic (exact) mass is 355 g/mol. The lowest BCUT2D eigenvalue weighted by Crippen LogP contribution is -2.28. The SMILES string of the molecule is COCc1nc(CNC(=O)C(C)c2ccc3cc(OC)ccc3c2)no1. The fraction of sp³-hybridized carbons (Fsp3) is 0.316. The summed E-state index contributed by atoms with van der Waals surface area (Å²) in [5.41, 5.74) is 0.938. The molecule has 1 heterocycles. The molecule has 1 N–H and O–H groups in total. The van der Waals surface area contributed by atoms with Crippen LogP contribution in [0.2, 0.25) is 0 Å². The lowest BCUT2D eigenvalue weighted by Gasteiger charge is -2.13. The van der Waals surface area contributed by atoms with E-state index in [0.29, 0.717) is 11.7 Å². The first-order chi connectivity index (χ1) is 12.6. The van der Waals surface area contributed by atoms with E-state index in [0.717, 1.165) is 22.1 Å². The zero-order valence-electron chi connectivity index (χ0n) is 15.0. The van der Waals surface area contributed by atoms with Crippen LogP contribution in [0, 0.1) is 0 Å². The smallest absolute Gasteiger partial charge is 0.252 e. The van der Waals surface area contributed by atoms with E-state index < -0.39 is 0 Å². The van der Waals surface area contributed by atoms with Gasteiger partial charge in [0.25, 0.3) is 5.89 Å². The second kappa shape index (κ2) is 7.97. The highest BCUT2D eigenvalue weighted by Gasteiger charge is 2.16. The van der Waals surface area contributed by atoms with Crippen LogP contribution in [0.5, 0.6) is 5.75 Å². The number of hydrogen-bond donors (Lipinski definition) is 1. The molecule has 0 radical (unpaired) electrons. The molecule has 3 rings (SSSR count). The molecule has 1 aromatic heterocycles. The van der Waals surface area contributed by atoms with Gasteiger partial charge in [-0.15, -0.1) is 0 Å².